The summed E-state index contributed by atoms with van der Waals surface area (Å²) >= 11 is 0. The number of para-hydroxylation sites is 1. The van der Waals surface area contributed by atoms with Gasteiger partial charge in [0.1, 0.15) is 5.75 Å². The molecule has 1 fully saturated rings. The molecule has 4 heteroatoms. The summed E-state index contributed by atoms with van der Waals surface area (Å²) < 4.78 is 5.23. The fourth-order valence-electron chi connectivity index (χ4n) is 3.35. The first-order valence-electron chi connectivity index (χ1n) is 8.87. The molecule has 0 spiro atoms. The molecule has 1 heterocycles. The predicted molar refractivity (Wildman–Crippen MR) is 101 cm³/mol. The van der Waals surface area contributed by atoms with E-state index in [1.807, 2.05) is 36.2 Å². The van der Waals surface area contributed by atoms with Crippen LogP contribution in [0, 0.1) is 0 Å². The smallest absolute Gasteiger partial charge is 0.227 e. The number of hydrogen-bond acceptors (Lipinski definition) is 3. The van der Waals surface area contributed by atoms with Gasteiger partial charge in [-0.15, -0.1) is 0 Å². The first-order chi connectivity index (χ1) is 12.2. The average molecular weight is 338 g/mol. The molecule has 1 aliphatic heterocycles. The Morgan fingerprint density at radius 3 is 2.64 bits per heavy atom. The van der Waals surface area contributed by atoms with E-state index in [1.54, 1.807) is 7.11 Å². The van der Waals surface area contributed by atoms with E-state index in [0.29, 0.717) is 13.0 Å². The molecule has 1 amide bonds. The third-order valence-electron chi connectivity index (χ3n) is 4.76. The normalized spacial score (nSPS) is 13.8. The zero-order valence-corrected chi connectivity index (χ0v) is 15.1. The number of anilines is 1. The molecule has 1 saturated heterocycles. The SMILES string of the molecule is COc1cccc(CC(=O)N(C)Cc2ccccc2N2CCCC2)c1. The summed E-state index contributed by atoms with van der Waals surface area (Å²) in [7, 11) is 3.52. The summed E-state index contributed by atoms with van der Waals surface area (Å²) in [6, 6.07) is 16.1. The van der Waals surface area contributed by atoms with Gasteiger partial charge in [-0.2, -0.15) is 0 Å². The summed E-state index contributed by atoms with van der Waals surface area (Å²) in [4.78, 5) is 16.9. The Labute approximate surface area is 150 Å². The fraction of sp³-hybridized carbons (Fsp3) is 0.381. The van der Waals surface area contributed by atoms with Crippen molar-refractivity contribution in [3.05, 3.63) is 59.7 Å². The quantitative estimate of drug-likeness (QED) is 0.808. The Morgan fingerprint density at radius 1 is 1.12 bits per heavy atom. The summed E-state index contributed by atoms with van der Waals surface area (Å²) in [5.41, 5.74) is 3.45. The van der Waals surface area contributed by atoms with Crippen molar-refractivity contribution in [1.82, 2.24) is 4.90 Å². The van der Waals surface area contributed by atoms with Gasteiger partial charge in [0.2, 0.25) is 5.91 Å². The van der Waals surface area contributed by atoms with Crippen LogP contribution in [0.1, 0.15) is 24.0 Å². The molecule has 0 bridgehead atoms. The second-order valence-electron chi connectivity index (χ2n) is 6.60. The highest BCUT2D eigenvalue weighted by Gasteiger charge is 2.17. The molecule has 4 nitrogen and oxygen atoms in total. The number of rotatable bonds is 6. The van der Waals surface area contributed by atoms with Gasteiger partial charge in [0.15, 0.2) is 0 Å². The lowest BCUT2D eigenvalue weighted by Crippen LogP contribution is -2.29. The molecule has 0 unspecified atom stereocenters. The molecule has 3 rings (SSSR count). The largest absolute Gasteiger partial charge is 0.497 e. The van der Waals surface area contributed by atoms with E-state index >= 15 is 0 Å². The standard InChI is InChI=1S/C21H26N2O2/c1-22(21(24)15-17-8-7-10-19(14-17)25-2)16-18-9-3-4-11-20(18)23-12-5-6-13-23/h3-4,7-11,14H,5-6,12-13,15-16H2,1-2H3. The van der Waals surface area contributed by atoms with Crippen LogP contribution in [0.2, 0.25) is 0 Å². The van der Waals surface area contributed by atoms with Crippen molar-refractivity contribution in [2.24, 2.45) is 0 Å². The van der Waals surface area contributed by atoms with Gasteiger partial charge in [0, 0.05) is 32.4 Å². The molecule has 0 saturated carbocycles. The van der Waals surface area contributed by atoms with Crippen LogP contribution in [0.25, 0.3) is 0 Å². The van der Waals surface area contributed by atoms with Crippen molar-refractivity contribution in [3.8, 4) is 5.75 Å². The van der Waals surface area contributed by atoms with E-state index in [4.69, 9.17) is 4.74 Å². The van der Waals surface area contributed by atoms with Gasteiger partial charge in [-0.1, -0.05) is 30.3 Å². The highest BCUT2D eigenvalue weighted by molar-refractivity contribution is 5.78. The number of nitrogens with zero attached hydrogens (tertiary/aromatic N) is 2. The van der Waals surface area contributed by atoms with Crippen LogP contribution in [-0.4, -0.2) is 38.1 Å². The molecule has 132 valence electrons. The van der Waals surface area contributed by atoms with Crippen molar-refractivity contribution in [3.63, 3.8) is 0 Å². The predicted octanol–water partition coefficient (Wildman–Crippen LogP) is 3.50. The molecule has 0 radical (unpaired) electrons. The van der Waals surface area contributed by atoms with Crippen LogP contribution in [0.5, 0.6) is 5.75 Å². The van der Waals surface area contributed by atoms with Crippen molar-refractivity contribution in [2.75, 3.05) is 32.1 Å². The van der Waals surface area contributed by atoms with E-state index in [2.05, 4.69) is 29.2 Å². The average Bonchev–Trinajstić information content (AvgIpc) is 3.16. The monoisotopic (exact) mass is 338 g/mol. The number of carbonyl (C=O) groups excluding carboxylic acids is 1. The molecule has 2 aromatic rings. The highest BCUT2D eigenvalue weighted by Crippen LogP contribution is 2.25. The molecule has 0 atom stereocenters. The molecular formula is C21H26N2O2. The van der Waals surface area contributed by atoms with Gasteiger partial charge >= 0.3 is 0 Å². The number of methoxy groups -OCH3 is 1. The Bertz CT molecular complexity index is 723. The van der Waals surface area contributed by atoms with E-state index in [1.165, 1.54) is 24.1 Å². The van der Waals surface area contributed by atoms with E-state index in [0.717, 1.165) is 24.4 Å². The second kappa shape index (κ2) is 8.06. The molecule has 1 aliphatic rings. The topological polar surface area (TPSA) is 32.8 Å². The van der Waals surface area contributed by atoms with Crippen LogP contribution < -0.4 is 9.64 Å². The molecule has 0 aromatic heterocycles. The number of likely N-dealkylation sites (N-methyl/N-ethyl adjacent to an activating group) is 1. The molecule has 25 heavy (non-hydrogen) atoms. The van der Waals surface area contributed by atoms with Crippen molar-refractivity contribution < 1.29 is 9.53 Å². The van der Waals surface area contributed by atoms with Gasteiger partial charge in [0.25, 0.3) is 0 Å². The zero-order chi connectivity index (χ0) is 17.6. The Kier molecular flexibility index (Phi) is 5.59. The Morgan fingerprint density at radius 2 is 1.88 bits per heavy atom. The minimum atomic E-state index is 0.115. The van der Waals surface area contributed by atoms with Crippen molar-refractivity contribution >= 4 is 11.6 Å². The molecule has 0 N–H and O–H groups in total. The van der Waals surface area contributed by atoms with E-state index in [-0.39, 0.29) is 5.91 Å². The van der Waals surface area contributed by atoms with Crippen molar-refractivity contribution in [1.29, 1.82) is 0 Å². The highest BCUT2D eigenvalue weighted by atomic mass is 16.5. The third kappa shape index (κ3) is 4.32. The van der Waals surface area contributed by atoms with Gasteiger partial charge in [-0.3, -0.25) is 4.79 Å². The zero-order valence-electron chi connectivity index (χ0n) is 15.1. The lowest BCUT2D eigenvalue weighted by molar-refractivity contribution is -0.129. The molecule has 0 aliphatic carbocycles. The maximum Gasteiger partial charge on any atom is 0.227 e. The lowest BCUT2D eigenvalue weighted by atomic mass is 10.1. The second-order valence-corrected chi connectivity index (χ2v) is 6.60. The lowest BCUT2D eigenvalue weighted by Gasteiger charge is -2.24. The van der Waals surface area contributed by atoms with E-state index < -0.39 is 0 Å². The fourth-order valence-corrected chi connectivity index (χ4v) is 3.35. The summed E-state index contributed by atoms with van der Waals surface area (Å²) in [6.07, 6.45) is 2.89. The molecular weight excluding hydrogens is 312 g/mol. The van der Waals surface area contributed by atoms with Crippen LogP contribution in [-0.2, 0) is 17.8 Å². The number of carbonyl (C=O) groups is 1. The minimum Gasteiger partial charge on any atom is -0.497 e. The number of benzene rings is 2. The van der Waals surface area contributed by atoms with Crippen LogP contribution in [0.3, 0.4) is 0 Å². The minimum absolute atomic E-state index is 0.115. The maximum absolute atomic E-state index is 12.6. The molecule has 2 aromatic carbocycles. The van der Waals surface area contributed by atoms with Gasteiger partial charge < -0.3 is 14.5 Å². The first-order valence-corrected chi connectivity index (χ1v) is 8.87. The number of amides is 1. The third-order valence-corrected chi connectivity index (χ3v) is 4.76. The van der Waals surface area contributed by atoms with Crippen LogP contribution in [0.15, 0.2) is 48.5 Å². The van der Waals surface area contributed by atoms with Gasteiger partial charge in [0.05, 0.1) is 13.5 Å². The van der Waals surface area contributed by atoms with Gasteiger partial charge in [-0.05, 0) is 42.2 Å². The summed E-state index contributed by atoms with van der Waals surface area (Å²) in [5.74, 6) is 0.900. The first kappa shape index (κ1) is 17.3. The Hall–Kier alpha value is -2.49. The van der Waals surface area contributed by atoms with Crippen LogP contribution >= 0.6 is 0 Å². The van der Waals surface area contributed by atoms with Crippen molar-refractivity contribution in [2.45, 2.75) is 25.8 Å². The number of hydrogen-bond donors (Lipinski definition) is 0. The maximum atomic E-state index is 12.6. The summed E-state index contributed by atoms with van der Waals surface area (Å²) in [6.45, 7) is 2.85. The Balaban J connectivity index is 1.67. The van der Waals surface area contributed by atoms with Crippen LogP contribution in [0.4, 0.5) is 5.69 Å². The number of ether oxygens (including phenoxy) is 1. The van der Waals surface area contributed by atoms with E-state index in [9.17, 15) is 4.79 Å². The van der Waals surface area contributed by atoms with Gasteiger partial charge in [-0.25, -0.2) is 0 Å². The summed E-state index contributed by atoms with van der Waals surface area (Å²) in [5, 5.41) is 0.